The highest BCUT2D eigenvalue weighted by Crippen LogP contribution is 2.19. The minimum Gasteiger partial charge on any atom is -0.493 e. The van der Waals surface area contributed by atoms with E-state index in [4.69, 9.17) is 10.5 Å². The lowest BCUT2D eigenvalue weighted by Gasteiger charge is -2.10. The first-order chi connectivity index (χ1) is 9.13. The van der Waals surface area contributed by atoms with Crippen molar-refractivity contribution in [1.29, 1.82) is 0 Å². The molecule has 4 heteroatoms. The molecule has 2 rings (SSSR count). The van der Waals surface area contributed by atoms with Gasteiger partial charge in [0.2, 0.25) is 0 Å². The standard InChI is InChI=1S/C15H19N3O/c1-11(2)10-19-14-6-4-13(5-7-14)18-15-8-3-12(16)9-17-15/h3-9,11H,10,16H2,1-2H3,(H,17,18). The van der Waals surface area contributed by atoms with Gasteiger partial charge in [0.1, 0.15) is 11.6 Å². The number of nitrogen functional groups attached to an aromatic ring is 1. The van der Waals surface area contributed by atoms with Gasteiger partial charge in [0.15, 0.2) is 0 Å². The zero-order valence-electron chi connectivity index (χ0n) is 11.3. The van der Waals surface area contributed by atoms with E-state index in [0.717, 1.165) is 23.9 Å². The summed E-state index contributed by atoms with van der Waals surface area (Å²) < 4.78 is 5.63. The van der Waals surface area contributed by atoms with Gasteiger partial charge in [-0.15, -0.1) is 0 Å². The molecule has 0 amide bonds. The fraction of sp³-hybridized carbons (Fsp3) is 0.267. The van der Waals surface area contributed by atoms with Crippen LogP contribution in [0.4, 0.5) is 17.2 Å². The summed E-state index contributed by atoms with van der Waals surface area (Å²) in [6.07, 6.45) is 1.63. The van der Waals surface area contributed by atoms with Crippen molar-refractivity contribution >= 4 is 17.2 Å². The molecule has 1 aromatic heterocycles. The normalized spacial score (nSPS) is 10.5. The van der Waals surface area contributed by atoms with Crippen LogP contribution in [-0.2, 0) is 0 Å². The quantitative estimate of drug-likeness (QED) is 0.861. The van der Waals surface area contributed by atoms with Gasteiger partial charge < -0.3 is 15.8 Å². The van der Waals surface area contributed by atoms with Gasteiger partial charge in [-0.3, -0.25) is 0 Å². The van der Waals surface area contributed by atoms with Crippen molar-refractivity contribution in [2.75, 3.05) is 17.7 Å². The molecule has 0 aliphatic carbocycles. The van der Waals surface area contributed by atoms with Gasteiger partial charge in [-0.1, -0.05) is 13.8 Å². The maximum absolute atomic E-state index is 5.63. The van der Waals surface area contributed by atoms with Crippen LogP contribution in [0.15, 0.2) is 42.6 Å². The molecule has 100 valence electrons. The average Bonchev–Trinajstić information content (AvgIpc) is 2.40. The van der Waals surface area contributed by atoms with E-state index >= 15 is 0 Å². The number of pyridine rings is 1. The van der Waals surface area contributed by atoms with Crippen LogP contribution >= 0.6 is 0 Å². The summed E-state index contributed by atoms with van der Waals surface area (Å²) >= 11 is 0. The molecule has 0 saturated heterocycles. The van der Waals surface area contributed by atoms with Crippen LogP contribution in [0.2, 0.25) is 0 Å². The van der Waals surface area contributed by atoms with Gasteiger partial charge in [0, 0.05) is 5.69 Å². The van der Waals surface area contributed by atoms with E-state index < -0.39 is 0 Å². The van der Waals surface area contributed by atoms with Gasteiger partial charge in [0.25, 0.3) is 0 Å². The molecule has 2 aromatic rings. The molecule has 0 aliphatic heterocycles. The third-order valence-electron chi connectivity index (χ3n) is 2.50. The summed E-state index contributed by atoms with van der Waals surface area (Å²) in [6, 6.07) is 11.5. The smallest absolute Gasteiger partial charge is 0.130 e. The Morgan fingerprint density at radius 2 is 1.89 bits per heavy atom. The molecule has 1 heterocycles. The number of aromatic nitrogens is 1. The summed E-state index contributed by atoms with van der Waals surface area (Å²) in [7, 11) is 0. The number of hydrogen-bond acceptors (Lipinski definition) is 4. The van der Waals surface area contributed by atoms with Crippen molar-refractivity contribution in [3.8, 4) is 5.75 Å². The van der Waals surface area contributed by atoms with Crippen molar-refractivity contribution in [2.45, 2.75) is 13.8 Å². The Morgan fingerprint density at radius 3 is 2.47 bits per heavy atom. The van der Waals surface area contributed by atoms with Crippen LogP contribution in [0.1, 0.15) is 13.8 Å². The third-order valence-corrected chi connectivity index (χ3v) is 2.50. The fourth-order valence-electron chi connectivity index (χ4n) is 1.52. The molecular weight excluding hydrogens is 238 g/mol. The van der Waals surface area contributed by atoms with Crippen molar-refractivity contribution in [3.05, 3.63) is 42.6 Å². The molecule has 19 heavy (non-hydrogen) atoms. The Hall–Kier alpha value is -2.23. The van der Waals surface area contributed by atoms with Gasteiger partial charge >= 0.3 is 0 Å². The van der Waals surface area contributed by atoms with Crippen LogP contribution < -0.4 is 15.8 Å². The number of rotatable bonds is 5. The number of nitrogens with two attached hydrogens (primary N) is 1. The van der Waals surface area contributed by atoms with Crippen LogP contribution in [0.5, 0.6) is 5.75 Å². The molecule has 0 fully saturated rings. The molecule has 0 unspecified atom stereocenters. The Labute approximate surface area is 113 Å². The second-order valence-electron chi connectivity index (χ2n) is 4.83. The number of benzene rings is 1. The second kappa shape index (κ2) is 6.09. The van der Waals surface area contributed by atoms with E-state index in [-0.39, 0.29) is 0 Å². The Balaban J connectivity index is 1.96. The zero-order chi connectivity index (χ0) is 13.7. The summed E-state index contributed by atoms with van der Waals surface area (Å²) in [5.41, 5.74) is 7.21. The largest absolute Gasteiger partial charge is 0.493 e. The summed E-state index contributed by atoms with van der Waals surface area (Å²) in [6.45, 7) is 4.98. The SMILES string of the molecule is CC(C)COc1ccc(Nc2ccc(N)cn2)cc1. The zero-order valence-corrected chi connectivity index (χ0v) is 11.3. The predicted octanol–water partition coefficient (Wildman–Crippen LogP) is 3.44. The summed E-state index contributed by atoms with van der Waals surface area (Å²) in [5.74, 6) is 2.17. The van der Waals surface area contributed by atoms with Crippen molar-refractivity contribution < 1.29 is 4.74 Å². The van der Waals surface area contributed by atoms with Crippen molar-refractivity contribution in [2.24, 2.45) is 5.92 Å². The number of hydrogen-bond donors (Lipinski definition) is 2. The highest BCUT2D eigenvalue weighted by molar-refractivity contribution is 5.58. The van der Waals surface area contributed by atoms with Crippen LogP contribution in [0, 0.1) is 5.92 Å². The first-order valence-electron chi connectivity index (χ1n) is 6.35. The fourth-order valence-corrected chi connectivity index (χ4v) is 1.52. The first kappa shape index (κ1) is 13.2. The van der Waals surface area contributed by atoms with E-state index in [1.807, 2.05) is 36.4 Å². The van der Waals surface area contributed by atoms with Crippen LogP contribution in [-0.4, -0.2) is 11.6 Å². The van der Waals surface area contributed by atoms with E-state index in [1.54, 1.807) is 6.20 Å². The van der Waals surface area contributed by atoms with Gasteiger partial charge in [-0.2, -0.15) is 0 Å². The van der Waals surface area contributed by atoms with Gasteiger partial charge in [-0.05, 0) is 42.3 Å². The monoisotopic (exact) mass is 257 g/mol. The van der Waals surface area contributed by atoms with Crippen molar-refractivity contribution in [3.63, 3.8) is 0 Å². The molecular formula is C15H19N3O. The molecule has 0 radical (unpaired) electrons. The van der Waals surface area contributed by atoms with E-state index in [9.17, 15) is 0 Å². The molecule has 3 N–H and O–H groups in total. The molecule has 4 nitrogen and oxygen atoms in total. The van der Waals surface area contributed by atoms with E-state index in [0.29, 0.717) is 11.6 Å². The lowest BCUT2D eigenvalue weighted by atomic mass is 10.2. The minimum absolute atomic E-state index is 0.525. The number of nitrogens with zero attached hydrogens (tertiary/aromatic N) is 1. The van der Waals surface area contributed by atoms with E-state index in [1.165, 1.54) is 0 Å². The highest BCUT2D eigenvalue weighted by atomic mass is 16.5. The Kier molecular flexibility index (Phi) is 4.23. The highest BCUT2D eigenvalue weighted by Gasteiger charge is 1.99. The lowest BCUT2D eigenvalue weighted by molar-refractivity contribution is 0.271. The maximum Gasteiger partial charge on any atom is 0.130 e. The first-order valence-corrected chi connectivity index (χ1v) is 6.35. The molecule has 0 spiro atoms. The summed E-state index contributed by atoms with van der Waals surface area (Å²) in [4.78, 5) is 4.19. The van der Waals surface area contributed by atoms with E-state index in [2.05, 4.69) is 24.1 Å². The van der Waals surface area contributed by atoms with Crippen LogP contribution in [0.25, 0.3) is 0 Å². The lowest BCUT2D eigenvalue weighted by Crippen LogP contribution is -2.04. The van der Waals surface area contributed by atoms with Crippen LogP contribution in [0.3, 0.4) is 0 Å². The van der Waals surface area contributed by atoms with Gasteiger partial charge in [-0.25, -0.2) is 4.98 Å². The van der Waals surface area contributed by atoms with Crippen molar-refractivity contribution in [1.82, 2.24) is 4.98 Å². The topological polar surface area (TPSA) is 60.2 Å². The Bertz CT molecular complexity index is 506. The number of nitrogens with one attached hydrogen (secondary N) is 1. The molecule has 1 aromatic carbocycles. The second-order valence-corrected chi connectivity index (χ2v) is 4.83. The molecule has 0 saturated carbocycles. The predicted molar refractivity (Wildman–Crippen MR) is 78.7 cm³/mol. The summed E-state index contributed by atoms with van der Waals surface area (Å²) in [5, 5.41) is 3.20. The number of anilines is 3. The molecule has 0 bridgehead atoms. The Morgan fingerprint density at radius 1 is 1.16 bits per heavy atom. The molecule has 0 aliphatic rings. The minimum atomic E-state index is 0.525. The number of ether oxygens (including phenoxy) is 1. The molecule has 0 atom stereocenters. The average molecular weight is 257 g/mol. The third kappa shape index (κ3) is 4.17. The maximum atomic E-state index is 5.63. The van der Waals surface area contributed by atoms with Gasteiger partial charge in [0.05, 0.1) is 18.5 Å².